The van der Waals surface area contributed by atoms with Crippen molar-refractivity contribution in [3.63, 3.8) is 0 Å². The van der Waals surface area contributed by atoms with Crippen LogP contribution in [0.5, 0.6) is 0 Å². The molecule has 0 spiro atoms. The van der Waals surface area contributed by atoms with E-state index in [9.17, 15) is 13.6 Å². The van der Waals surface area contributed by atoms with Crippen molar-refractivity contribution in [2.45, 2.75) is 32.2 Å². The number of carbonyl (C=O) groups excluding carboxylic acids is 1. The number of hydrogen-bond acceptors (Lipinski definition) is 2. The molecule has 0 heterocycles. The number of hydrogen-bond donors (Lipinski definition) is 2. The van der Waals surface area contributed by atoms with E-state index in [0.717, 1.165) is 18.4 Å². The highest BCUT2D eigenvalue weighted by molar-refractivity contribution is 5.93. The highest BCUT2D eigenvalue weighted by Gasteiger charge is 2.24. The summed E-state index contributed by atoms with van der Waals surface area (Å²) in [7, 11) is 0. The molecule has 120 valence electrons. The van der Waals surface area contributed by atoms with Crippen molar-refractivity contribution < 1.29 is 13.6 Å². The Morgan fingerprint density at radius 3 is 2.48 bits per heavy atom. The van der Waals surface area contributed by atoms with Gasteiger partial charge in [0.15, 0.2) is 11.6 Å². The Morgan fingerprint density at radius 2 is 1.83 bits per heavy atom. The smallest absolute Gasteiger partial charge is 0.228 e. The summed E-state index contributed by atoms with van der Waals surface area (Å²) in [4.78, 5) is 12.1. The summed E-state index contributed by atoms with van der Waals surface area (Å²) in [5.74, 6) is -2.33. The Balaban J connectivity index is 1.78. The second kappa shape index (κ2) is 6.36. The lowest BCUT2D eigenvalue weighted by Crippen LogP contribution is -2.17. The normalized spacial score (nSPS) is 13.7. The number of benzene rings is 2. The molecular formula is C18H18F2N2O. The van der Waals surface area contributed by atoms with Crippen LogP contribution < -0.4 is 10.6 Å². The van der Waals surface area contributed by atoms with E-state index >= 15 is 0 Å². The lowest BCUT2D eigenvalue weighted by atomic mass is 10.1. The van der Waals surface area contributed by atoms with Gasteiger partial charge in [-0.05, 0) is 31.4 Å². The van der Waals surface area contributed by atoms with E-state index in [2.05, 4.69) is 10.6 Å². The van der Waals surface area contributed by atoms with E-state index in [-0.39, 0.29) is 23.6 Å². The first kappa shape index (κ1) is 15.5. The SMILES string of the molecule is Cc1c(NC2CC2)cc(NC(=O)Cc2ccccc2)c(F)c1F. The third-order valence-electron chi connectivity index (χ3n) is 3.87. The average Bonchev–Trinajstić information content (AvgIpc) is 3.35. The van der Waals surface area contributed by atoms with Gasteiger partial charge in [0.2, 0.25) is 5.91 Å². The summed E-state index contributed by atoms with van der Waals surface area (Å²) in [6, 6.07) is 10.9. The van der Waals surface area contributed by atoms with E-state index in [1.165, 1.54) is 13.0 Å². The topological polar surface area (TPSA) is 41.1 Å². The fourth-order valence-corrected chi connectivity index (χ4v) is 2.38. The minimum absolute atomic E-state index is 0.112. The van der Waals surface area contributed by atoms with Crippen molar-refractivity contribution in [1.82, 2.24) is 0 Å². The Labute approximate surface area is 133 Å². The van der Waals surface area contributed by atoms with Gasteiger partial charge in [-0.15, -0.1) is 0 Å². The molecule has 2 N–H and O–H groups in total. The van der Waals surface area contributed by atoms with Gasteiger partial charge >= 0.3 is 0 Å². The van der Waals surface area contributed by atoms with Crippen LogP contribution in [0.15, 0.2) is 36.4 Å². The quantitative estimate of drug-likeness (QED) is 0.874. The van der Waals surface area contributed by atoms with Crippen LogP contribution in [-0.2, 0) is 11.2 Å². The minimum atomic E-state index is -1.02. The van der Waals surface area contributed by atoms with Crippen molar-refractivity contribution in [2.24, 2.45) is 0 Å². The molecule has 5 heteroatoms. The number of amides is 1. The zero-order chi connectivity index (χ0) is 16.4. The molecule has 1 aliphatic carbocycles. The molecule has 23 heavy (non-hydrogen) atoms. The number of rotatable bonds is 5. The predicted octanol–water partition coefficient (Wildman–Crippen LogP) is 4.03. The van der Waals surface area contributed by atoms with Crippen LogP contribution in [-0.4, -0.2) is 11.9 Å². The molecule has 2 aromatic rings. The second-order valence-electron chi connectivity index (χ2n) is 5.85. The maximum Gasteiger partial charge on any atom is 0.228 e. The third-order valence-corrected chi connectivity index (χ3v) is 3.87. The third kappa shape index (κ3) is 3.67. The average molecular weight is 316 g/mol. The number of carbonyl (C=O) groups is 1. The van der Waals surface area contributed by atoms with Crippen LogP contribution in [0.3, 0.4) is 0 Å². The van der Waals surface area contributed by atoms with E-state index in [1.54, 1.807) is 0 Å². The van der Waals surface area contributed by atoms with Gasteiger partial charge in [-0.25, -0.2) is 8.78 Å². The molecule has 0 unspecified atom stereocenters. The van der Waals surface area contributed by atoms with Gasteiger partial charge in [-0.2, -0.15) is 0 Å². The van der Waals surface area contributed by atoms with E-state index in [0.29, 0.717) is 11.7 Å². The first-order chi connectivity index (χ1) is 11.0. The van der Waals surface area contributed by atoms with Crippen LogP contribution >= 0.6 is 0 Å². The molecule has 0 bridgehead atoms. The Bertz CT molecular complexity index is 728. The first-order valence-electron chi connectivity index (χ1n) is 7.63. The number of anilines is 2. The Hall–Kier alpha value is -2.43. The fourth-order valence-electron chi connectivity index (χ4n) is 2.38. The van der Waals surface area contributed by atoms with Crippen LogP contribution in [0.2, 0.25) is 0 Å². The van der Waals surface area contributed by atoms with Crippen LogP contribution in [0.4, 0.5) is 20.2 Å². The largest absolute Gasteiger partial charge is 0.382 e. The first-order valence-corrected chi connectivity index (χ1v) is 7.63. The summed E-state index contributed by atoms with van der Waals surface area (Å²) in [6.07, 6.45) is 2.16. The highest BCUT2D eigenvalue weighted by Crippen LogP contribution is 2.32. The monoisotopic (exact) mass is 316 g/mol. The second-order valence-corrected chi connectivity index (χ2v) is 5.85. The van der Waals surface area contributed by atoms with E-state index < -0.39 is 11.6 Å². The molecular weight excluding hydrogens is 298 g/mol. The van der Waals surface area contributed by atoms with Gasteiger partial charge in [0.1, 0.15) is 0 Å². The molecule has 3 rings (SSSR count). The Kier molecular flexibility index (Phi) is 4.28. The fraction of sp³-hybridized carbons (Fsp3) is 0.278. The molecule has 0 saturated heterocycles. The summed E-state index contributed by atoms with van der Waals surface area (Å²) >= 11 is 0. The maximum atomic E-state index is 14.1. The molecule has 1 amide bonds. The van der Waals surface area contributed by atoms with Gasteiger partial charge in [-0.3, -0.25) is 4.79 Å². The molecule has 0 aromatic heterocycles. The van der Waals surface area contributed by atoms with Gasteiger partial charge in [0.05, 0.1) is 12.1 Å². The van der Waals surface area contributed by atoms with Crippen LogP contribution in [0.25, 0.3) is 0 Å². The van der Waals surface area contributed by atoms with Crippen LogP contribution in [0, 0.1) is 18.6 Å². The van der Waals surface area contributed by atoms with E-state index in [1.807, 2.05) is 30.3 Å². The van der Waals surface area contributed by atoms with Crippen LogP contribution in [0.1, 0.15) is 24.0 Å². The molecule has 0 atom stereocenters. The zero-order valence-corrected chi connectivity index (χ0v) is 12.8. The van der Waals surface area contributed by atoms with E-state index in [4.69, 9.17) is 0 Å². The van der Waals surface area contributed by atoms with Crippen molar-refractivity contribution in [3.8, 4) is 0 Å². The van der Waals surface area contributed by atoms with Gasteiger partial charge < -0.3 is 10.6 Å². The van der Waals surface area contributed by atoms with Gasteiger partial charge in [-0.1, -0.05) is 30.3 Å². The summed E-state index contributed by atoms with van der Waals surface area (Å²) in [5, 5.41) is 5.62. The maximum absolute atomic E-state index is 14.1. The van der Waals surface area contributed by atoms with Crippen molar-refractivity contribution >= 4 is 17.3 Å². The van der Waals surface area contributed by atoms with Gasteiger partial charge in [0.25, 0.3) is 0 Å². The standard InChI is InChI=1S/C18H18F2N2O/c1-11-14(21-13-7-8-13)10-15(18(20)17(11)19)22-16(23)9-12-5-3-2-4-6-12/h2-6,10,13,21H,7-9H2,1H3,(H,22,23). The molecule has 2 aromatic carbocycles. The number of halogens is 2. The summed E-state index contributed by atoms with van der Waals surface area (Å²) in [5.41, 5.74) is 1.45. The predicted molar refractivity (Wildman–Crippen MR) is 86.5 cm³/mol. The molecule has 1 saturated carbocycles. The lowest BCUT2D eigenvalue weighted by Gasteiger charge is -2.14. The number of nitrogens with one attached hydrogen (secondary N) is 2. The zero-order valence-electron chi connectivity index (χ0n) is 12.8. The summed E-state index contributed by atoms with van der Waals surface area (Å²) in [6.45, 7) is 1.53. The molecule has 3 nitrogen and oxygen atoms in total. The molecule has 1 aliphatic rings. The van der Waals surface area contributed by atoms with Gasteiger partial charge in [0, 0.05) is 17.3 Å². The summed E-state index contributed by atoms with van der Waals surface area (Å²) < 4.78 is 28.1. The molecule has 0 aliphatic heterocycles. The van der Waals surface area contributed by atoms with Crippen molar-refractivity contribution in [3.05, 3.63) is 59.2 Å². The lowest BCUT2D eigenvalue weighted by molar-refractivity contribution is -0.115. The van der Waals surface area contributed by atoms with Crippen molar-refractivity contribution in [1.29, 1.82) is 0 Å². The minimum Gasteiger partial charge on any atom is -0.382 e. The van der Waals surface area contributed by atoms with Crippen molar-refractivity contribution in [2.75, 3.05) is 10.6 Å². The highest BCUT2D eigenvalue weighted by atomic mass is 19.2. The molecule has 0 radical (unpaired) electrons. The molecule has 1 fully saturated rings. The Morgan fingerprint density at radius 1 is 1.13 bits per heavy atom.